The van der Waals surface area contributed by atoms with E-state index in [9.17, 15) is 13.2 Å². The molecule has 1 atom stereocenters. The van der Waals surface area contributed by atoms with Crippen LogP contribution in [0.3, 0.4) is 0 Å². The van der Waals surface area contributed by atoms with Crippen molar-refractivity contribution in [3.05, 3.63) is 0 Å². The normalized spacial score (nSPS) is 14.4. The third-order valence-electron chi connectivity index (χ3n) is 2.04. The van der Waals surface area contributed by atoms with E-state index >= 15 is 0 Å². The molecule has 3 N–H and O–H groups in total. The molecule has 0 aliphatic carbocycles. The topological polar surface area (TPSA) is 38.0 Å². The molecule has 14 heavy (non-hydrogen) atoms. The predicted octanol–water partition coefficient (Wildman–Crippen LogP) is 1.90. The third-order valence-corrected chi connectivity index (χ3v) is 2.04. The van der Waals surface area contributed by atoms with Crippen molar-refractivity contribution in [3.8, 4) is 0 Å². The van der Waals surface area contributed by atoms with Gasteiger partial charge in [-0.15, -0.1) is 0 Å². The van der Waals surface area contributed by atoms with Crippen LogP contribution >= 0.6 is 0 Å². The summed E-state index contributed by atoms with van der Waals surface area (Å²) in [5.41, 5.74) is 5.35. The molecule has 0 radical (unpaired) electrons. The Bertz CT molecular complexity index is 137. The molecule has 0 aliphatic rings. The molecule has 1 unspecified atom stereocenters. The van der Waals surface area contributed by atoms with E-state index in [0.717, 1.165) is 19.3 Å². The lowest BCUT2D eigenvalue weighted by atomic mass is 10.0. The molecule has 5 heteroatoms. The Morgan fingerprint density at radius 1 is 1.29 bits per heavy atom. The van der Waals surface area contributed by atoms with Gasteiger partial charge in [-0.3, -0.25) is 0 Å². The molecule has 0 amide bonds. The first-order valence-electron chi connectivity index (χ1n) is 4.93. The Hall–Kier alpha value is -0.290. The summed E-state index contributed by atoms with van der Waals surface area (Å²) in [6.45, 7) is 2.25. The minimum Gasteiger partial charge on any atom is -0.330 e. The molecular formula is C9H19F3N2. The highest BCUT2D eigenvalue weighted by molar-refractivity contribution is 4.58. The van der Waals surface area contributed by atoms with E-state index in [2.05, 4.69) is 12.2 Å². The van der Waals surface area contributed by atoms with Crippen LogP contribution in [0.15, 0.2) is 0 Å². The molecule has 2 nitrogen and oxygen atoms in total. The van der Waals surface area contributed by atoms with E-state index in [1.54, 1.807) is 0 Å². The van der Waals surface area contributed by atoms with Crippen molar-refractivity contribution < 1.29 is 13.2 Å². The number of alkyl halides is 3. The molecule has 0 fully saturated rings. The summed E-state index contributed by atoms with van der Waals surface area (Å²) in [4.78, 5) is 0. The number of nitrogens with two attached hydrogens (primary N) is 1. The molecule has 0 saturated heterocycles. The Morgan fingerprint density at radius 2 is 1.93 bits per heavy atom. The van der Waals surface area contributed by atoms with Gasteiger partial charge >= 0.3 is 6.18 Å². The molecule has 0 bridgehead atoms. The Kier molecular flexibility index (Phi) is 6.92. The lowest BCUT2D eigenvalue weighted by Crippen LogP contribution is -2.29. The average Bonchev–Trinajstić information content (AvgIpc) is 2.02. The fraction of sp³-hybridized carbons (Fsp3) is 1.00. The smallest absolute Gasteiger partial charge is 0.330 e. The average molecular weight is 212 g/mol. The summed E-state index contributed by atoms with van der Waals surface area (Å²) in [6.07, 6.45) is -1.44. The Balaban J connectivity index is 3.21. The van der Waals surface area contributed by atoms with Crippen molar-refractivity contribution >= 4 is 0 Å². The minimum atomic E-state index is -4.09. The fourth-order valence-corrected chi connectivity index (χ4v) is 1.23. The van der Waals surface area contributed by atoms with Gasteiger partial charge in [0.25, 0.3) is 0 Å². The highest BCUT2D eigenvalue weighted by Gasteiger charge is 2.25. The van der Waals surface area contributed by atoms with Crippen LogP contribution in [0, 0.1) is 5.92 Å². The van der Waals surface area contributed by atoms with Gasteiger partial charge in [0.05, 0.1) is 6.54 Å². The van der Waals surface area contributed by atoms with Crippen molar-refractivity contribution in [3.63, 3.8) is 0 Å². The summed E-state index contributed by atoms with van der Waals surface area (Å²) < 4.78 is 35.0. The number of hydrogen-bond donors (Lipinski definition) is 2. The predicted molar refractivity (Wildman–Crippen MR) is 51.0 cm³/mol. The maximum atomic E-state index is 11.7. The van der Waals surface area contributed by atoms with Gasteiger partial charge in [-0.05, 0) is 38.3 Å². The third kappa shape index (κ3) is 9.80. The molecule has 0 rings (SSSR count). The van der Waals surface area contributed by atoms with E-state index < -0.39 is 12.7 Å². The van der Waals surface area contributed by atoms with Gasteiger partial charge in [-0.25, -0.2) is 0 Å². The molecule has 86 valence electrons. The van der Waals surface area contributed by atoms with Gasteiger partial charge in [-0.1, -0.05) is 6.92 Å². The molecule has 0 heterocycles. The summed E-state index contributed by atoms with van der Waals surface area (Å²) in [7, 11) is 0. The van der Waals surface area contributed by atoms with Gasteiger partial charge in [0.1, 0.15) is 0 Å². The second kappa shape index (κ2) is 7.06. The minimum absolute atomic E-state index is 0.425. The lowest BCUT2D eigenvalue weighted by Gasteiger charge is -2.11. The number of hydrogen-bond acceptors (Lipinski definition) is 2. The van der Waals surface area contributed by atoms with E-state index in [4.69, 9.17) is 5.73 Å². The van der Waals surface area contributed by atoms with Crippen LogP contribution in [-0.4, -0.2) is 25.8 Å². The van der Waals surface area contributed by atoms with E-state index in [1.165, 1.54) is 0 Å². The number of nitrogens with one attached hydrogen (secondary N) is 1. The molecule has 0 saturated carbocycles. The first-order valence-corrected chi connectivity index (χ1v) is 4.93. The van der Waals surface area contributed by atoms with Gasteiger partial charge in [-0.2, -0.15) is 13.2 Å². The number of rotatable bonds is 7. The molecular weight excluding hydrogens is 193 g/mol. The van der Waals surface area contributed by atoms with Crippen molar-refractivity contribution in [2.45, 2.75) is 32.4 Å². The Morgan fingerprint density at radius 3 is 2.43 bits per heavy atom. The van der Waals surface area contributed by atoms with Crippen molar-refractivity contribution in [2.24, 2.45) is 11.7 Å². The summed E-state index contributed by atoms with van der Waals surface area (Å²) >= 11 is 0. The highest BCUT2D eigenvalue weighted by Crippen LogP contribution is 2.12. The first kappa shape index (κ1) is 13.7. The van der Waals surface area contributed by atoms with Crippen LogP contribution < -0.4 is 11.1 Å². The quantitative estimate of drug-likeness (QED) is 0.632. The maximum Gasteiger partial charge on any atom is 0.401 e. The van der Waals surface area contributed by atoms with Gasteiger partial charge in [0.15, 0.2) is 0 Å². The summed E-state index contributed by atoms with van der Waals surface area (Å²) in [5.74, 6) is 0.507. The largest absolute Gasteiger partial charge is 0.401 e. The van der Waals surface area contributed by atoms with Gasteiger partial charge < -0.3 is 11.1 Å². The van der Waals surface area contributed by atoms with Gasteiger partial charge in [0, 0.05) is 0 Å². The second-order valence-electron chi connectivity index (χ2n) is 3.62. The fourth-order valence-electron chi connectivity index (χ4n) is 1.23. The summed E-state index contributed by atoms with van der Waals surface area (Å²) in [5, 5.41) is 2.37. The van der Waals surface area contributed by atoms with Crippen LogP contribution in [0.4, 0.5) is 13.2 Å². The molecule has 0 aromatic rings. The van der Waals surface area contributed by atoms with E-state index in [0.29, 0.717) is 19.0 Å². The van der Waals surface area contributed by atoms with Crippen molar-refractivity contribution in [1.82, 2.24) is 5.32 Å². The van der Waals surface area contributed by atoms with Crippen LogP contribution in [-0.2, 0) is 0 Å². The molecule has 0 aromatic carbocycles. The van der Waals surface area contributed by atoms with Crippen LogP contribution in [0.5, 0.6) is 0 Å². The van der Waals surface area contributed by atoms with Crippen molar-refractivity contribution in [1.29, 1.82) is 0 Å². The highest BCUT2D eigenvalue weighted by atomic mass is 19.4. The summed E-state index contributed by atoms with van der Waals surface area (Å²) in [6, 6.07) is 0. The second-order valence-corrected chi connectivity index (χ2v) is 3.62. The van der Waals surface area contributed by atoms with Gasteiger partial charge in [0.2, 0.25) is 0 Å². The molecule has 0 aliphatic heterocycles. The van der Waals surface area contributed by atoms with E-state index in [1.807, 2.05) is 0 Å². The van der Waals surface area contributed by atoms with E-state index in [-0.39, 0.29) is 0 Å². The molecule has 0 spiro atoms. The number of halogens is 3. The first-order chi connectivity index (χ1) is 6.45. The molecule has 0 aromatic heterocycles. The van der Waals surface area contributed by atoms with Crippen molar-refractivity contribution in [2.75, 3.05) is 19.6 Å². The zero-order valence-electron chi connectivity index (χ0n) is 8.53. The zero-order valence-corrected chi connectivity index (χ0v) is 8.53. The monoisotopic (exact) mass is 212 g/mol. The Labute approximate surface area is 83.0 Å². The SMILES string of the molecule is CC(CCN)CCCNCC(F)(F)F. The zero-order chi connectivity index (χ0) is 11.0. The lowest BCUT2D eigenvalue weighted by molar-refractivity contribution is -0.124. The maximum absolute atomic E-state index is 11.7. The van der Waals surface area contributed by atoms with Crippen LogP contribution in [0.2, 0.25) is 0 Å². The standard InChI is InChI=1S/C9H19F3N2/c1-8(4-5-13)3-2-6-14-7-9(10,11)12/h8,14H,2-7,13H2,1H3. The van der Waals surface area contributed by atoms with Crippen LogP contribution in [0.25, 0.3) is 0 Å². The van der Waals surface area contributed by atoms with Crippen LogP contribution in [0.1, 0.15) is 26.2 Å².